The Hall–Kier alpha value is -2.80. The van der Waals surface area contributed by atoms with Gasteiger partial charge in [-0.3, -0.25) is 4.84 Å². The highest BCUT2D eigenvalue weighted by Crippen LogP contribution is 2.36. The van der Waals surface area contributed by atoms with Crippen molar-refractivity contribution in [3.63, 3.8) is 0 Å². The van der Waals surface area contributed by atoms with E-state index in [1.54, 1.807) is 5.06 Å². The monoisotopic (exact) mass is 381 g/mol. The molecule has 2 aliphatic rings. The highest BCUT2D eigenvalue weighted by Gasteiger charge is 2.42. The Balaban J connectivity index is 1.30. The fraction of sp³-hybridized carbons (Fsp3) is 0.429. The van der Waals surface area contributed by atoms with Crippen molar-refractivity contribution in [2.75, 3.05) is 13.2 Å². The molecule has 4 rings (SSSR count). The van der Waals surface area contributed by atoms with E-state index in [4.69, 9.17) is 21.0 Å². The van der Waals surface area contributed by atoms with Crippen LogP contribution in [0.25, 0.3) is 10.8 Å². The maximum absolute atomic E-state index is 6.09. The largest absolute Gasteiger partial charge is 0.493 e. The lowest BCUT2D eigenvalue weighted by molar-refractivity contribution is -0.178. The van der Waals surface area contributed by atoms with Crippen LogP contribution in [0.2, 0.25) is 0 Å². The van der Waals surface area contributed by atoms with Gasteiger partial charge in [-0.25, -0.2) is 4.99 Å². The number of hydrogen-bond donors (Lipinski definition) is 2. The zero-order valence-corrected chi connectivity index (χ0v) is 16.0. The van der Waals surface area contributed by atoms with Crippen LogP contribution in [0.5, 0.6) is 5.75 Å². The summed E-state index contributed by atoms with van der Waals surface area (Å²) in [6, 6.07) is 14.4. The molecule has 1 aliphatic carbocycles. The molecule has 0 saturated heterocycles. The number of hydrogen-bond acceptors (Lipinski definition) is 7. The molecule has 4 N–H and O–H groups in total. The van der Waals surface area contributed by atoms with Gasteiger partial charge in [-0.2, -0.15) is 10.1 Å². The number of rotatable bonds is 6. The molecule has 7 nitrogen and oxygen atoms in total. The van der Waals surface area contributed by atoms with Crippen LogP contribution < -0.4 is 16.2 Å². The van der Waals surface area contributed by atoms with Gasteiger partial charge in [-0.1, -0.05) is 36.8 Å². The minimum absolute atomic E-state index is 0.235. The van der Waals surface area contributed by atoms with Crippen LogP contribution >= 0.6 is 0 Å². The predicted molar refractivity (Wildman–Crippen MR) is 111 cm³/mol. The quantitative estimate of drug-likeness (QED) is 0.749. The number of nitrogens with zero attached hydrogens (tertiary/aromatic N) is 3. The lowest BCUT2D eigenvalue weighted by Crippen LogP contribution is -2.57. The van der Waals surface area contributed by atoms with E-state index in [2.05, 4.69) is 34.3 Å². The van der Waals surface area contributed by atoms with Crippen molar-refractivity contribution in [3.8, 4) is 5.75 Å². The summed E-state index contributed by atoms with van der Waals surface area (Å²) in [4.78, 5) is 14.6. The molecular formula is C21H27N5O2. The predicted octanol–water partition coefficient (Wildman–Crippen LogP) is 3.15. The first-order valence-corrected chi connectivity index (χ1v) is 9.91. The molecule has 2 aromatic carbocycles. The summed E-state index contributed by atoms with van der Waals surface area (Å²) in [6.07, 6.45) is 5.83. The fourth-order valence-corrected chi connectivity index (χ4v) is 3.94. The Bertz CT molecular complexity index is 889. The molecular weight excluding hydrogens is 354 g/mol. The van der Waals surface area contributed by atoms with Gasteiger partial charge in [0.25, 0.3) is 0 Å². The Morgan fingerprint density at radius 2 is 1.75 bits per heavy atom. The summed E-state index contributed by atoms with van der Waals surface area (Å²) >= 11 is 0. The van der Waals surface area contributed by atoms with Gasteiger partial charge in [0.1, 0.15) is 5.75 Å². The van der Waals surface area contributed by atoms with Crippen LogP contribution in [-0.4, -0.2) is 35.9 Å². The summed E-state index contributed by atoms with van der Waals surface area (Å²) in [7, 11) is 0. The van der Waals surface area contributed by atoms with Gasteiger partial charge < -0.3 is 16.2 Å². The van der Waals surface area contributed by atoms with Crippen molar-refractivity contribution < 1.29 is 9.57 Å². The normalized spacial score (nSPS) is 18.8. The van der Waals surface area contributed by atoms with E-state index >= 15 is 0 Å². The number of hydroxylamine groups is 2. The zero-order chi connectivity index (χ0) is 19.4. The van der Waals surface area contributed by atoms with Gasteiger partial charge in [-0.15, -0.1) is 0 Å². The molecule has 0 bridgehead atoms. The molecule has 2 aromatic rings. The summed E-state index contributed by atoms with van der Waals surface area (Å²) in [6.45, 7) is 1.03. The topological polar surface area (TPSA) is 98.5 Å². The van der Waals surface area contributed by atoms with Crippen molar-refractivity contribution in [3.05, 3.63) is 42.5 Å². The van der Waals surface area contributed by atoms with Crippen LogP contribution in [0.1, 0.15) is 38.5 Å². The Morgan fingerprint density at radius 1 is 0.964 bits per heavy atom. The van der Waals surface area contributed by atoms with E-state index in [0.717, 1.165) is 37.9 Å². The second-order valence-electron chi connectivity index (χ2n) is 7.32. The van der Waals surface area contributed by atoms with Crippen molar-refractivity contribution >= 4 is 22.7 Å². The average molecular weight is 381 g/mol. The molecule has 1 fully saturated rings. The van der Waals surface area contributed by atoms with Gasteiger partial charge in [-0.05, 0) is 48.6 Å². The van der Waals surface area contributed by atoms with Crippen LogP contribution in [-0.2, 0) is 4.84 Å². The zero-order valence-electron chi connectivity index (χ0n) is 16.0. The first-order chi connectivity index (χ1) is 13.7. The summed E-state index contributed by atoms with van der Waals surface area (Å²) in [5.74, 6) is 1.38. The number of aliphatic imine (C=N–C) groups is 2. The van der Waals surface area contributed by atoms with Gasteiger partial charge in [0.05, 0.1) is 13.2 Å². The molecule has 1 heterocycles. The second-order valence-corrected chi connectivity index (χ2v) is 7.32. The van der Waals surface area contributed by atoms with Crippen molar-refractivity contribution in [2.24, 2.45) is 21.5 Å². The molecule has 1 saturated carbocycles. The molecule has 0 aromatic heterocycles. The molecule has 0 radical (unpaired) electrons. The molecule has 148 valence electrons. The highest BCUT2D eigenvalue weighted by molar-refractivity contribution is 5.95. The maximum Gasteiger partial charge on any atom is 0.226 e. The van der Waals surface area contributed by atoms with Gasteiger partial charge in [0, 0.05) is 6.42 Å². The third-order valence-electron chi connectivity index (χ3n) is 5.29. The van der Waals surface area contributed by atoms with E-state index in [-0.39, 0.29) is 11.9 Å². The number of ether oxygens (including phenoxy) is 1. The smallest absolute Gasteiger partial charge is 0.226 e. The van der Waals surface area contributed by atoms with E-state index in [0.29, 0.717) is 13.2 Å². The minimum atomic E-state index is -0.507. The van der Waals surface area contributed by atoms with Crippen LogP contribution in [0.3, 0.4) is 0 Å². The van der Waals surface area contributed by atoms with Crippen LogP contribution in [0.15, 0.2) is 52.4 Å². The highest BCUT2D eigenvalue weighted by atomic mass is 16.7. The lowest BCUT2D eigenvalue weighted by atomic mass is 9.89. The van der Waals surface area contributed by atoms with Crippen LogP contribution in [0.4, 0.5) is 0 Å². The van der Waals surface area contributed by atoms with Crippen molar-refractivity contribution in [1.82, 2.24) is 5.06 Å². The molecule has 0 unspecified atom stereocenters. The first kappa shape index (κ1) is 18.6. The van der Waals surface area contributed by atoms with Gasteiger partial charge >= 0.3 is 0 Å². The van der Waals surface area contributed by atoms with Crippen molar-refractivity contribution in [1.29, 1.82) is 0 Å². The number of benzene rings is 2. The number of nitrogens with two attached hydrogens (primary N) is 2. The molecule has 1 spiro atoms. The minimum Gasteiger partial charge on any atom is -0.493 e. The summed E-state index contributed by atoms with van der Waals surface area (Å²) in [5, 5.41) is 4.04. The van der Waals surface area contributed by atoms with E-state index in [1.807, 2.05) is 18.2 Å². The van der Waals surface area contributed by atoms with E-state index in [1.165, 1.54) is 17.2 Å². The molecule has 1 aliphatic heterocycles. The molecule has 7 heteroatoms. The third kappa shape index (κ3) is 3.89. The number of guanidine groups is 2. The van der Waals surface area contributed by atoms with Gasteiger partial charge in [0.2, 0.25) is 11.9 Å². The Morgan fingerprint density at radius 3 is 2.57 bits per heavy atom. The van der Waals surface area contributed by atoms with E-state index in [9.17, 15) is 0 Å². The second kappa shape index (κ2) is 8.06. The van der Waals surface area contributed by atoms with Crippen LogP contribution in [0, 0.1) is 0 Å². The Kier molecular flexibility index (Phi) is 5.34. The third-order valence-corrected chi connectivity index (χ3v) is 5.29. The lowest BCUT2D eigenvalue weighted by Gasteiger charge is -2.44. The Labute approximate surface area is 165 Å². The molecule has 28 heavy (non-hydrogen) atoms. The first-order valence-electron chi connectivity index (χ1n) is 9.91. The molecule has 0 amide bonds. The van der Waals surface area contributed by atoms with Crippen molar-refractivity contribution in [2.45, 2.75) is 44.2 Å². The number of fused-ring (bicyclic) bond motifs is 1. The summed E-state index contributed by atoms with van der Waals surface area (Å²) < 4.78 is 5.88. The standard InChI is InChI=1S/C21H27N5O2/c22-19-24-20(23)26(21(25-19)11-4-1-5-12-21)28-14-6-13-27-18-10-9-16-7-2-3-8-17(16)15-18/h2-3,7-10,15H,1,4-6,11-14H2,(H4,22,23,24,25). The van der Waals surface area contributed by atoms with Gasteiger partial charge in [0.15, 0.2) is 5.66 Å². The summed E-state index contributed by atoms with van der Waals surface area (Å²) in [5.41, 5.74) is 11.4. The average Bonchev–Trinajstić information content (AvgIpc) is 2.70. The SMILES string of the molecule is NC1=NC2(CCCCC2)N(OCCCOc2ccc3ccccc3c2)C(N)=N1. The maximum atomic E-state index is 6.09. The van der Waals surface area contributed by atoms with E-state index < -0.39 is 5.66 Å². The molecule has 0 atom stereocenters. The fourth-order valence-electron chi connectivity index (χ4n) is 3.94.